The first kappa shape index (κ1) is 25.3. The van der Waals surface area contributed by atoms with Crippen molar-refractivity contribution in [2.45, 2.75) is 30.3 Å². The van der Waals surface area contributed by atoms with Crippen LogP contribution in [0.2, 0.25) is 0 Å². The number of hydrogen-bond donors (Lipinski definition) is 0. The predicted octanol–water partition coefficient (Wildman–Crippen LogP) is 6.18. The highest BCUT2D eigenvalue weighted by molar-refractivity contribution is 7.89. The SMILES string of the molecule is O=S(=O)(c1cccc2cccnc12)N(CCc1csc2nc(-c3ccc4ccccc4c3)cn12)CC1CCCO1. The molecule has 0 radical (unpaired) electrons. The van der Waals surface area contributed by atoms with Crippen molar-refractivity contribution in [3.05, 3.63) is 96.3 Å². The lowest BCUT2D eigenvalue weighted by Gasteiger charge is -2.25. The summed E-state index contributed by atoms with van der Waals surface area (Å²) in [7, 11) is -3.81. The van der Waals surface area contributed by atoms with Crippen LogP contribution >= 0.6 is 11.3 Å². The molecule has 0 bridgehead atoms. The Morgan fingerprint density at radius 2 is 1.85 bits per heavy atom. The lowest BCUT2D eigenvalue weighted by Crippen LogP contribution is -2.39. The number of benzene rings is 3. The van der Waals surface area contributed by atoms with Crippen molar-refractivity contribution in [2.24, 2.45) is 0 Å². The Bertz CT molecular complexity index is 1940. The van der Waals surface area contributed by atoms with Crippen molar-refractivity contribution in [1.29, 1.82) is 0 Å². The van der Waals surface area contributed by atoms with Crippen LogP contribution in [0.4, 0.5) is 0 Å². The van der Waals surface area contributed by atoms with Gasteiger partial charge in [0.05, 0.1) is 17.3 Å². The second-order valence-corrected chi connectivity index (χ2v) is 12.9. The van der Waals surface area contributed by atoms with Crippen LogP contribution in [-0.2, 0) is 21.2 Å². The molecule has 1 unspecified atom stereocenters. The fourth-order valence-electron chi connectivity index (χ4n) is 5.48. The lowest BCUT2D eigenvalue weighted by atomic mass is 10.1. The summed E-state index contributed by atoms with van der Waals surface area (Å²) in [6, 6.07) is 23.7. The van der Waals surface area contributed by atoms with Crippen molar-refractivity contribution in [2.75, 3.05) is 19.7 Å². The van der Waals surface area contributed by atoms with Gasteiger partial charge < -0.3 is 4.74 Å². The molecule has 1 aliphatic rings. The maximum atomic E-state index is 14.1. The minimum atomic E-state index is -3.81. The van der Waals surface area contributed by atoms with Gasteiger partial charge in [-0.25, -0.2) is 13.4 Å². The number of nitrogens with zero attached hydrogens (tertiary/aromatic N) is 4. The van der Waals surface area contributed by atoms with Crippen molar-refractivity contribution in [3.63, 3.8) is 0 Å². The molecule has 0 saturated carbocycles. The summed E-state index contributed by atoms with van der Waals surface area (Å²) in [6.45, 7) is 1.33. The summed E-state index contributed by atoms with van der Waals surface area (Å²) in [4.78, 5) is 10.4. The number of para-hydroxylation sites is 1. The van der Waals surface area contributed by atoms with Crippen molar-refractivity contribution in [1.82, 2.24) is 18.7 Å². The van der Waals surface area contributed by atoms with Crippen LogP contribution in [0.3, 0.4) is 0 Å². The van der Waals surface area contributed by atoms with Gasteiger partial charge in [-0.05, 0) is 41.8 Å². The van der Waals surface area contributed by atoms with Crippen LogP contribution in [0.25, 0.3) is 37.9 Å². The van der Waals surface area contributed by atoms with Gasteiger partial charge in [0.15, 0.2) is 4.96 Å². The maximum absolute atomic E-state index is 14.1. The normalized spacial score (nSPS) is 16.1. The molecule has 1 atom stereocenters. The van der Waals surface area contributed by atoms with Gasteiger partial charge in [0, 0.05) is 60.5 Å². The van der Waals surface area contributed by atoms with E-state index in [2.05, 4.69) is 51.3 Å². The molecular weight excluding hydrogens is 541 g/mol. The third-order valence-electron chi connectivity index (χ3n) is 7.59. The van der Waals surface area contributed by atoms with E-state index in [-0.39, 0.29) is 11.0 Å². The molecule has 0 aliphatic carbocycles. The van der Waals surface area contributed by atoms with E-state index in [0.717, 1.165) is 40.1 Å². The van der Waals surface area contributed by atoms with Gasteiger partial charge in [-0.2, -0.15) is 4.31 Å². The predicted molar refractivity (Wildman–Crippen MR) is 159 cm³/mol. The molecular formula is C31H28N4O3S2. The standard InChI is InChI=1S/C31H28N4O3S2/c36-40(37,29-11-3-8-23-9-4-15-32-30(23)29)34(19-27-10-5-17-38-27)16-14-26-21-39-31-33-28(20-35(26)31)25-13-12-22-6-1-2-7-24(22)18-25/h1-4,6-9,11-13,15,18,20-21,27H,5,10,14,16-17,19H2. The number of fused-ring (bicyclic) bond motifs is 3. The molecule has 1 aliphatic heterocycles. The first-order valence-corrected chi connectivity index (χ1v) is 15.8. The largest absolute Gasteiger partial charge is 0.377 e. The van der Waals surface area contributed by atoms with E-state index in [1.54, 1.807) is 34.0 Å². The van der Waals surface area contributed by atoms with E-state index in [1.165, 1.54) is 10.8 Å². The monoisotopic (exact) mass is 568 g/mol. The number of imidazole rings is 1. The molecule has 6 aromatic rings. The molecule has 7 rings (SSSR count). The quantitative estimate of drug-likeness (QED) is 0.219. The van der Waals surface area contributed by atoms with E-state index in [1.807, 2.05) is 30.3 Å². The van der Waals surface area contributed by atoms with Gasteiger partial charge in [-0.15, -0.1) is 11.3 Å². The smallest absolute Gasteiger partial charge is 0.245 e. The fourth-order valence-corrected chi connectivity index (χ4v) is 8.03. The van der Waals surface area contributed by atoms with Crippen LogP contribution in [0, 0.1) is 0 Å². The number of rotatable bonds is 8. The molecule has 40 heavy (non-hydrogen) atoms. The molecule has 9 heteroatoms. The van der Waals surface area contributed by atoms with Gasteiger partial charge in [0.1, 0.15) is 4.90 Å². The summed E-state index contributed by atoms with van der Waals surface area (Å²) in [5, 5.41) is 5.25. The average Bonchev–Trinajstić information content (AvgIpc) is 3.73. The Labute approximate surface area is 236 Å². The van der Waals surface area contributed by atoms with Gasteiger partial charge >= 0.3 is 0 Å². The van der Waals surface area contributed by atoms with E-state index >= 15 is 0 Å². The maximum Gasteiger partial charge on any atom is 0.245 e. The molecule has 0 N–H and O–H groups in total. The highest BCUT2D eigenvalue weighted by atomic mass is 32.2. The molecule has 7 nitrogen and oxygen atoms in total. The molecule has 4 heterocycles. The topological polar surface area (TPSA) is 76.8 Å². The first-order chi connectivity index (χ1) is 19.6. The van der Waals surface area contributed by atoms with Crippen molar-refractivity contribution >= 4 is 48.0 Å². The van der Waals surface area contributed by atoms with Gasteiger partial charge in [-0.1, -0.05) is 54.6 Å². The zero-order valence-electron chi connectivity index (χ0n) is 21.8. The summed E-state index contributed by atoms with van der Waals surface area (Å²) in [5.74, 6) is 0. The van der Waals surface area contributed by atoms with Crippen LogP contribution < -0.4 is 0 Å². The Morgan fingerprint density at radius 1 is 1.00 bits per heavy atom. The molecule has 202 valence electrons. The summed E-state index contributed by atoms with van der Waals surface area (Å²) in [5.41, 5.74) is 3.49. The Morgan fingerprint density at radius 3 is 2.73 bits per heavy atom. The Kier molecular flexibility index (Phi) is 6.59. The fraction of sp³-hybridized carbons (Fsp3) is 0.226. The summed E-state index contributed by atoms with van der Waals surface area (Å²) >= 11 is 1.57. The Balaban J connectivity index is 1.19. The van der Waals surface area contributed by atoms with Crippen LogP contribution in [0.15, 0.2) is 95.5 Å². The van der Waals surface area contributed by atoms with Crippen molar-refractivity contribution < 1.29 is 13.2 Å². The molecule has 0 spiro atoms. The van der Waals surface area contributed by atoms with E-state index in [0.29, 0.717) is 31.6 Å². The van der Waals surface area contributed by atoms with E-state index in [4.69, 9.17) is 9.72 Å². The highest BCUT2D eigenvalue weighted by Gasteiger charge is 2.31. The lowest BCUT2D eigenvalue weighted by molar-refractivity contribution is 0.0939. The van der Waals surface area contributed by atoms with Crippen molar-refractivity contribution in [3.8, 4) is 11.3 Å². The van der Waals surface area contributed by atoms with Crippen LogP contribution in [0.1, 0.15) is 18.5 Å². The Hall–Kier alpha value is -3.63. The number of hydrogen-bond acceptors (Lipinski definition) is 6. The molecule has 3 aromatic heterocycles. The zero-order chi connectivity index (χ0) is 27.1. The van der Waals surface area contributed by atoms with Gasteiger partial charge in [0.25, 0.3) is 0 Å². The zero-order valence-corrected chi connectivity index (χ0v) is 23.4. The number of pyridine rings is 1. The second kappa shape index (κ2) is 10.4. The number of aromatic nitrogens is 3. The second-order valence-electron chi connectivity index (χ2n) is 10.1. The number of sulfonamides is 1. The summed E-state index contributed by atoms with van der Waals surface area (Å²) < 4.78 is 37.7. The number of thiazole rings is 1. The molecule has 3 aromatic carbocycles. The van der Waals surface area contributed by atoms with Crippen LogP contribution in [0.5, 0.6) is 0 Å². The minimum absolute atomic E-state index is 0.104. The van der Waals surface area contributed by atoms with Gasteiger partial charge in [-0.3, -0.25) is 9.38 Å². The minimum Gasteiger partial charge on any atom is -0.377 e. The van der Waals surface area contributed by atoms with Gasteiger partial charge in [0.2, 0.25) is 10.0 Å². The average molecular weight is 569 g/mol. The third-order valence-corrected chi connectivity index (χ3v) is 10.4. The van der Waals surface area contributed by atoms with E-state index < -0.39 is 10.0 Å². The molecule has 0 amide bonds. The highest BCUT2D eigenvalue weighted by Crippen LogP contribution is 2.29. The molecule has 1 saturated heterocycles. The van der Waals surface area contributed by atoms with Crippen LogP contribution in [-0.4, -0.2) is 52.9 Å². The summed E-state index contributed by atoms with van der Waals surface area (Å²) in [6.07, 6.45) is 5.95. The third kappa shape index (κ3) is 4.69. The molecule has 1 fully saturated rings. The van der Waals surface area contributed by atoms with E-state index in [9.17, 15) is 8.42 Å². The first-order valence-electron chi connectivity index (χ1n) is 13.5. The number of ether oxygens (including phenoxy) is 1.